The zero-order chi connectivity index (χ0) is 13.3. The maximum atomic E-state index is 12.9. The van der Waals surface area contributed by atoms with E-state index in [1.165, 1.54) is 13.2 Å². The number of aldehydes is 1. The Balaban J connectivity index is 2.54. The maximum absolute atomic E-state index is 12.9. The average Bonchev–Trinajstić information content (AvgIpc) is 2.35. The van der Waals surface area contributed by atoms with Crippen molar-refractivity contribution in [2.24, 2.45) is 0 Å². The third-order valence-corrected chi connectivity index (χ3v) is 3.33. The highest BCUT2D eigenvalue weighted by atomic mass is 19.4. The molecule has 0 saturated carbocycles. The molecule has 2 nitrogen and oxygen atoms in total. The second kappa shape index (κ2) is 4.63. The molecule has 1 aromatic rings. The van der Waals surface area contributed by atoms with E-state index in [-0.39, 0.29) is 17.5 Å². The van der Waals surface area contributed by atoms with Crippen LogP contribution in [-0.2, 0) is 6.42 Å². The molecule has 1 aromatic carbocycles. The number of halogens is 3. The van der Waals surface area contributed by atoms with Crippen LogP contribution >= 0.6 is 0 Å². The molecule has 1 aliphatic carbocycles. The van der Waals surface area contributed by atoms with Crippen molar-refractivity contribution >= 4 is 6.29 Å². The van der Waals surface area contributed by atoms with E-state index in [9.17, 15) is 18.0 Å². The van der Waals surface area contributed by atoms with E-state index in [0.29, 0.717) is 30.4 Å². The van der Waals surface area contributed by atoms with Gasteiger partial charge in [0.25, 0.3) is 0 Å². The third kappa shape index (κ3) is 2.21. The summed E-state index contributed by atoms with van der Waals surface area (Å²) in [5.74, 6) is -1.13. The minimum atomic E-state index is -4.26. The number of fused-ring (bicyclic) bond motifs is 1. The minimum Gasteiger partial charge on any atom is -0.496 e. The predicted octanol–water partition coefficient (Wildman–Crippen LogP) is 3.49. The lowest BCUT2D eigenvalue weighted by Crippen LogP contribution is -2.25. The van der Waals surface area contributed by atoms with Gasteiger partial charge in [-0.3, -0.25) is 4.79 Å². The van der Waals surface area contributed by atoms with Crippen LogP contribution in [0.4, 0.5) is 13.2 Å². The van der Waals surface area contributed by atoms with E-state index < -0.39 is 12.1 Å². The summed E-state index contributed by atoms with van der Waals surface area (Å²) in [5, 5.41) is 0. The topological polar surface area (TPSA) is 26.3 Å². The zero-order valence-corrected chi connectivity index (χ0v) is 9.88. The Bertz CT molecular complexity index is 466. The second-order valence-electron chi connectivity index (χ2n) is 4.40. The Morgan fingerprint density at radius 3 is 2.67 bits per heavy atom. The summed E-state index contributed by atoms with van der Waals surface area (Å²) in [5.41, 5.74) is 1.02. The highest BCUT2D eigenvalue weighted by Gasteiger charge is 2.42. The lowest BCUT2D eigenvalue weighted by Gasteiger charge is -2.28. The second-order valence-corrected chi connectivity index (χ2v) is 4.40. The molecular formula is C13H13F3O2. The zero-order valence-electron chi connectivity index (χ0n) is 9.88. The highest BCUT2D eigenvalue weighted by molar-refractivity contribution is 5.80. The molecule has 0 radical (unpaired) electrons. The normalized spacial score (nSPS) is 19.2. The molecule has 0 aromatic heterocycles. The van der Waals surface area contributed by atoms with Crippen molar-refractivity contribution in [2.75, 3.05) is 7.11 Å². The van der Waals surface area contributed by atoms with Gasteiger partial charge in [0.05, 0.1) is 18.6 Å². The predicted molar refractivity (Wildman–Crippen MR) is 60.1 cm³/mol. The first-order valence-corrected chi connectivity index (χ1v) is 5.70. The first-order chi connectivity index (χ1) is 8.47. The SMILES string of the molecule is COc1cc2c(cc1C=O)C(C(F)(F)F)CCC2. The van der Waals surface area contributed by atoms with Crippen LogP contribution in [0.1, 0.15) is 40.2 Å². The van der Waals surface area contributed by atoms with Crippen molar-refractivity contribution < 1.29 is 22.7 Å². The van der Waals surface area contributed by atoms with Crippen molar-refractivity contribution in [3.8, 4) is 5.75 Å². The third-order valence-electron chi connectivity index (χ3n) is 3.33. The molecule has 18 heavy (non-hydrogen) atoms. The fourth-order valence-electron chi connectivity index (χ4n) is 2.46. The highest BCUT2D eigenvalue weighted by Crippen LogP contribution is 2.44. The number of rotatable bonds is 2. The first kappa shape index (κ1) is 12.9. The van der Waals surface area contributed by atoms with Gasteiger partial charge in [-0.05, 0) is 42.5 Å². The number of hydrogen-bond donors (Lipinski definition) is 0. The summed E-state index contributed by atoms with van der Waals surface area (Å²) < 4.78 is 43.8. The molecule has 0 fully saturated rings. The van der Waals surface area contributed by atoms with Crippen molar-refractivity contribution in [3.63, 3.8) is 0 Å². The summed E-state index contributed by atoms with van der Waals surface area (Å²) >= 11 is 0. The van der Waals surface area contributed by atoms with Gasteiger partial charge in [0.1, 0.15) is 5.75 Å². The molecule has 0 heterocycles. The molecule has 98 valence electrons. The lowest BCUT2D eigenvalue weighted by atomic mass is 9.81. The monoisotopic (exact) mass is 258 g/mol. The van der Waals surface area contributed by atoms with Gasteiger partial charge >= 0.3 is 6.18 Å². The molecule has 0 aliphatic heterocycles. The molecular weight excluding hydrogens is 245 g/mol. The molecule has 0 bridgehead atoms. The van der Waals surface area contributed by atoms with Crippen LogP contribution in [-0.4, -0.2) is 19.6 Å². The molecule has 1 atom stereocenters. The number of aryl methyl sites for hydroxylation is 1. The van der Waals surface area contributed by atoms with E-state index in [1.807, 2.05) is 0 Å². The van der Waals surface area contributed by atoms with Crippen LogP contribution < -0.4 is 4.74 Å². The average molecular weight is 258 g/mol. The Morgan fingerprint density at radius 1 is 1.39 bits per heavy atom. The Morgan fingerprint density at radius 2 is 2.11 bits per heavy atom. The van der Waals surface area contributed by atoms with E-state index in [4.69, 9.17) is 4.74 Å². The van der Waals surface area contributed by atoms with Crippen molar-refractivity contribution in [1.29, 1.82) is 0 Å². The largest absolute Gasteiger partial charge is 0.496 e. The van der Waals surface area contributed by atoms with Crippen LogP contribution in [0.2, 0.25) is 0 Å². The molecule has 0 saturated heterocycles. The van der Waals surface area contributed by atoms with E-state index in [1.54, 1.807) is 6.07 Å². The van der Waals surface area contributed by atoms with Crippen LogP contribution in [0, 0.1) is 0 Å². The van der Waals surface area contributed by atoms with E-state index in [2.05, 4.69) is 0 Å². The molecule has 0 N–H and O–H groups in total. The van der Waals surface area contributed by atoms with Crippen LogP contribution in [0.3, 0.4) is 0 Å². The van der Waals surface area contributed by atoms with Gasteiger partial charge in [0.2, 0.25) is 0 Å². The number of alkyl halides is 3. The Labute approximate surface area is 103 Å². The van der Waals surface area contributed by atoms with E-state index in [0.717, 1.165) is 0 Å². The number of hydrogen-bond acceptors (Lipinski definition) is 2. The summed E-state index contributed by atoms with van der Waals surface area (Å²) in [6.07, 6.45) is -2.55. The Hall–Kier alpha value is -1.52. The van der Waals surface area contributed by atoms with Gasteiger partial charge in [-0.25, -0.2) is 0 Å². The summed E-state index contributed by atoms with van der Waals surface area (Å²) in [6.45, 7) is 0. The summed E-state index contributed by atoms with van der Waals surface area (Å²) in [6, 6.07) is 2.87. The smallest absolute Gasteiger partial charge is 0.395 e. The van der Waals surface area contributed by atoms with Crippen LogP contribution in [0.5, 0.6) is 5.75 Å². The number of carbonyl (C=O) groups is 1. The number of carbonyl (C=O) groups excluding carboxylic acids is 1. The first-order valence-electron chi connectivity index (χ1n) is 5.70. The van der Waals surface area contributed by atoms with Crippen molar-refractivity contribution in [2.45, 2.75) is 31.4 Å². The van der Waals surface area contributed by atoms with Crippen LogP contribution in [0.15, 0.2) is 12.1 Å². The minimum absolute atomic E-state index is 0.0845. The summed E-state index contributed by atoms with van der Waals surface area (Å²) in [7, 11) is 1.40. The summed E-state index contributed by atoms with van der Waals surface area (Å²) in [4.78, 5) is 10.9. The molecule has 0 spiro atoms. The molecule has 5 heteroatoms. The number of ether oxygens (including phenoxy) is 1. The van der Waals surface area contributed by atoms with Crippen molar-refractivity contribution in [1.82, 2.24) is 0 Å². The number of methoxy groups -OCH3 is 1. The maximum Gasteiger partial charge on any atom is 0.395 e. The van der Waals surface area contributed by atoms with E-state index >= 15 is 0 Å². The molecule has 1 aliphatic rings. The molecule has 0 amide bonds. The fourth-order valence-corrected chi connectivity index (χ4v) is 2.46. The van der Waals surface area contributed by atoms with Gasteiger partial charge in [-0.15, -0.1) is 0 Å². The standard InChI is InChI=1S/C13H13F3O2/c1-18-12-6-8-3-2-4-11(13(14,15)16)10(8)5-9(12)7-17/h5-7,11H,2-4H2,1H3. The fraction of sp³-hybridized carbons (Fsp3) is 0.462. The lowest BCUT2D eigenvalue weighted by molar-refractivity contribution is -0.153. The Kier molecular flexibility index (Phi) is 3.32. The number of benzene rings is 1. The van der Waals surface area contributed by atoms with Crippen LogP contribution in [0.25, 0.3) is 0 Å². The van der Waals surface area contributed by atoms with Crippen molar-refractivity contribution in [3.05, 3.63) is 28.8 Å². The quantitative estimate of drug-likeness (QED) is 0.759. The van der Waals surface area contributed by atoms with Gasteiger partial charge in [-0.2, -0.15) is 13.2 Å². The van der Waals surface area contributed by atoms with Gasteiger partial charge < -0.3 is 4.74 Å². The van der Waals surface area contributed by atoms with Gasteiger partial charge in [0, 0.05) is 0 Å². The molecule has 1 unspecified atom stereocenters. The molecule has 2 rings (SSSR count). The van der Waals surface area contributed by atoms with Gasteiger partial charge in [-0.1, -0.05) is 0 Å². The van der Waals surface area contributed by atoms with Gasteiger partial charge in [0.15, 0.2) is 6.29 Å².